The van der Waals surface area contributed by atoms with Gasteiger partial charge in [0.15, 0.2) is 6.04 Å². The number of morpholine rings is 1. The van der Waals surface area contributed by atoms with Gasteiger partial charge < -0.3 is 30.5 Å². The average Bonchev–Trinajstić information content (AvgIpc) is 2.43. The van der Waals surface area contributed by atoms with Crippen LogP contribution in [0.1, 0.15) is 0 Å². The Morgan fingerprint density at radius 3 is 2.68 bits per heavy atom. The van der Waals surface area contributed by atoms with E-state index in [1.165, 1.54) is 11.9 Å². The lowest BCUT2D eigenvalue weighted by atomic mass is 10.2. The molecule has 3 amide bonds. The van der Waals surface area contributed by atoms with Crippen molar-refractivity contribution in [3.8, 4) is 0 Å². The largest absolute Gasteiger partial charge is 0.480 e. The molecule has 0 saturated carbocycles. The zero-order valence-electron chi connectivity index (χ0n) is 10.5. The molecule has 0 radical (unpaired) electrons. The summed E-state index contributed by atoms with van der Waals surface area (Å²) in [7, 11) is 1.43. The number of hydrogen-bond acceptors (Lipinski definition) is 5. The lowest BCUT2D eigenvalue weighted by molar-refractivity contribution is -0.140. The van der Waals surface area contributed by atoms with Gasteiger partial charge in [0.2, 0.25) is 5.91 Å². The van der Waals surface area contributed by atoms with E-state index >= 15 is 0 Å². The third-order valence-corrected chi connectivity index (χ3v) is 2.72. The Bertz CT molecular complexity index is 361. The number of rotatable bonds is 4. The van der Waals surface area contributed by atoms with E-state index in [1.54, 1.807) is 0 Å². The molecular formula is C10H17N3O6. The Morgan fingerprint density at radius 1 is 1.47 bits per heavy atom. The number of carbonyl (C=O) groups is 3. The lowest BCUT2D eigenvalue weighted by Crippen LogP contribution is -2.60. The molecule has 2 atom stereocenters. The number of amides is 3. The fraction of sp³-hybridized carbons (Fsp3) is 0.700. The van der Waals surface area contributed by atoms with Crippen LogP contribution in [0.4, 0.5) is 4.79 Å². The molecule has 4 N–H and O–H groups in total. The van der Waals surface area contributed by atoms with Gasteiger partial charge in [0.05, 0.1) is 19.8 Å². The highest BCUT2D eigenvalue weighted by Crippen LogP contribution is 2.07. The van der Waals surface area contributed by atoms with Gasteiger partial charge in [-0.1, -0.05) is 0 Å². The molecule has 9 heteroatoms. The summed E-state index contributed by atoms with van der Waals surface area (Å²) in [5.74, 6) is -1.74. The first-order chi connectivity index (χ1) is 9.01. The van der Waals surface area contributed by atoms with Crippen molar-refractivity contribution in [1.29, 1.82) is 0 Å². The highest BCUT2D eigenvalue weighted by Gasteiger charge is 2.33. The van der Waals surface area contributed by atoms with E-state index < -0.39 is 36.6 Å². The standard InChI is InChI=1S/C10H17N3O6/c1-11-8(15)7-5-19-3-2-13(7)10(18)12-6(4-14)9(16)17/h6-7,14H,2-5H2,1H3,(H,11,15)(H,12,18)(H,16,17)/t6-,7?/m0/s1. The monoisotopic (exact) mass is 275 g/mol. The van der Waals surface area contributed by atoms with Gasteiger partial charge in [0.1, 0.15) is 6.04 Å². The maximum Gasteiger partial charge on any atom is 0.328 e. The van der Waals surface area contributed by atoms with Crippen LogP contribution in [-0.4, -0.2) is 78.5 Å². The third-order valence-electron chi connectivity index (χ3n) is 2.72. The van der Waals surface area contributed by atoms with Crippen LogP contribution in [0, 0.1) is 0 Å². The molecule has 9 nitrogen and oxygen atoms in total. The SMILES string of the molecule is CNC(=O)C1COCCN1C(=O)N[C@@H](CO)C(=O)O. The zero-order chi connectivity index (χ0) is 14.4. The summed E-state index contributed by atoms with van der Waals surface area (Å²) in [4.78, 5) is 35.4. The van der Waals surface area contributed by atoms with Crippen LogP contribution in [-0.2, 0) is 14.3 Å². The van der Waals surface area contributed by atoms with Crippen molar-refractivity contribution in [1.82, 2.24) is 15.5 Å². The minimum atomic E-state index is -1.40. The second kappa shape index (κ2) is 6.90. The molecule has 1 aliphatic heterocycles. The molecule has 108 valence electrons. The van der Waals surface area contributed by atoms with Crippen molar-refractivity contribution < 1.29 is 29.3 Å². The van der Waals surface area contributed by atoms with E-state index in [1.807, 2.05) is 0 Å². The molecule has 0 bridgehead atoms. The molecule has 1 rings (SSSR count). The number of nitrogens with one attached hydrogen (secondary N) is 2. The van der Waals surface area contributed by atoms with Gasteiger partial charge in [-0.2, -0.15) is 0 Å². The summed E-state index contributed by atoms with van der Waals surface area (Å²) in [5, 5.41) is 22.1. The van der Waals surface area contributed by atoms with Crippen LogP contribution in [0.25, 0.3) is 0 Å². The predicted molar refractivity (Wildman–Crippen MR) is 62.4 cm³/mol. The maximum absolute atomic E-state index is 11.9. The molecule has 0 spiro atoms. The van der Waals surface area contributed by atoms with Crippen LogP contribution in [0.2, 0.25) is 0 Å². The maximum atomic E-state index is 11.9. The number of nitrogens with zero attached hydrogens (tertiary/aromatic N) is 1. The number of carboxylic acid groups (broad SMARTS) is 1. The van der Waals surface area contributed by atoms with Crippen LogP contribution < -0.4 is 10.6 Å². The minimum Gasteiger partial charge on any atom is -0.480 e. The van der Waals surface area contributed by atoms with Gasteiger partial charge in [-0.25, -0.2) is 9.59 Å². The Morgan fingerprint density at radius 2 is 2.16 bits per heavy atom. The topological polar surface area (TPSA) is 128 Å². The number of aliphatic carboxylic acids is 1. The lowest BCUT2D eigenvalue weighted by Gasteiger charge is -2.34. The normalized spacial score (nSPS) is 20.5. The van der Waals surface area contributed by atoms with Crippen LogP contribution in [0.5, 0.6) is 0 Å². The molecule has 0 aromatic rings. The molecule has 1 saturated heterocycles. The average molecular weight is 275 g/mol. The van der Waals surface area contributed by atoms with Crippen LogP contribution in [0.3, 0.4) is 0 Å². The predicted octanol–water partition coefficient (Wildman–Crippen LogP) is -2.41. The molecule has 1 unspecified atom stereocenters. The number of carboxylic acids is 1. The van der Waals surface area contributed by atoms with Crippen molar-refractivity contribution in [2.24, 2.45) is 0 Å². The molecule has 0 aromatic carbocycles. The van der Waals surface area contributed by atoms with E-state index in [-0.39, 0.29) is 19.8 Å². The zero-order valence-corrected chi connectivity index (χ0v) is 10.5. The summed E-state index contributed by atoms with van der Waals surface area (Å²) in [6, 6.07) is -2.94. The minimum absolute atomic E-state index is 0.0456. The number of ether oxygens (including phenoxy) is 1. The van der Waals surface area contributed by atoms with Crippen molar-refractivity contribution in [3.63, 3.8) is 0 Å². The Hall–Kier alpha value is -1.87. The van der Waals surface area contributed by atoms with Crippen molar-refractivity contribution in [2.75, 3.05) is 33.4 Å². The number of hydrogen-bond donors (Lipinski definition) is 4. The molecule has 0 aromatic heterocycles. The van der Waals surface area contributed by atoms with Crippen molar-refractivity contribution >= 4 is 17.9 Å². The quantitative estimate of drug-likeness (QED) is 0.452. The molecule has 1 aliphatic rings. The Kier molecular flexibility index (Phi) is 5.52. The highest BCUT2D eigenvalue weighted by molar-refractivity contribution is 5.89. The number of aliphatic hydroxyl groups excluding tert-OH is 1. The van der Waals surface area contributed by atoms with Gasteiger partial charge >= 0.3 is 12.0 Å². The number of likely N-dealkylation sites (N-methyl/N-ethyl adjacent to an activating group) is 1. The summed E-state index contributed by atoms with van der Waals surface area (Å²) in [5.41, 5.74) is 0. The van der Waals surface area contributed by atoms with Crippen molar-refractivity contribution in [2.45, 2.75) is 12.1 Å². The van der Waals surface area contributed by atoms with Gasteiger partial charge in [-0.05, 0) is 0 Å². The van der Waals surface area contributed by atoms with Crippen molar-refractivity contribution in [3.05, 3.63) is 0 Å². The first kappa shape index (κ1) is 15.2. The second-order valence-corrected chi connectivity index (χ2v) is 3.92. The van der Waals surface area contributed by atoms with E-state index in [2.05, 4.69) is 10.6 Å². The Labute approximate surface area is 109 Å². The molecular weight excluding hydrogens is 258 g/mol. The Balaban J connectivity index is 2.71. The number of carbonyl (C=O) groups excluding carboxylic acids is 2. The van der Waals surface area contributed by atoms with E-state index in [9.17, 15) is 14.4 Å². The second-order valence-electron chi connectivity index (χ2n) is 3.92. The number of aliphatic hydroxyl groups is 1. The van der Waals surface area contributed by atoms with Gasteiger partial charge in [0.25, 0.3) is 0 Å². The molecule has 1 fully saturated rings. The smallest absolute Gasteiger partial charge is 0.328 e. The van der Waals surface area contributed by atoms with Crippen LogP contribution in [0.15, 0.2) is 0 Å². The molecule has 19 heavy (non-hydrogen) atoms. The summed E-state index contributed by atoms with van der Waals surface area (Å²) in [6.07, 6.45) is 0. The van der Waals surface area contributed by atoms with Gasteiger partial charge in [0, 0.05) is 13.6 Å². The molecule has 1 heterocycles. The highest BCUT2D eigenvalue weighted by atomic mass is 16.5. The first-order valence-electron chi connectivity index (χ1n) is 5.71. The van der Waals surface area contributed by atoms with Gasteiger partial charge in [-0.3, -0.25) is 4.79 Å². The first-order valence-corrected chi connectivity index (χ1v) is 5.71. The number of urea groups is 1. The fourth-order valence-corrected chi connectivity index (χ4v) is 1.65. The third kappa shape index (κ3) is 3.80. The fourth-order valence-electron chi connectivity index (χ4n) is 1.65. The summed E-state index contributed by atoms with van der Waals surface area (Å²) in [6.45, 7) is -0.251. The van der Waals surface area contributed by atoms with E-state index in [0.717, 1.165) is 0 Å². The summed E-state index contributed by atoms with van der Waals surface area (Å²) < 4.78 is 5.12. The van der Waals surface area contributed by atoms with E-state index in [0.29, 0.717) is 0 Å². The van der Waals surface area contributed by atoms with Gasteiger partial charge in [-0.15, -0.1) is 0 Å². The van der Waals surface area contributed by atoms with Crippen LogP contribution >= 0.6 is 0 Å². The molecule has 0 aliphatic carbocycles. The summed E-state index contributed by atoms with van der Waals surface area (Å²) >= 11 is 0. The van der Waals surface area contributed by atoms with E-state index in [4.69, 9.17) is 14.9 Å².